The maximum Gasteiger partial charge on any atom is 0.417 e. The van der Waals surface area contributed by atoms with Crippen molar-refractivity contribution in [2.24, 2.45) is 21.7 Å². The molecule has 12 heteroatoms. The molecule has 1 aromatic carbocycles. The van der Waals surface area contributed by atoms with Crippen LogP contribution in [0.15, 0.2) is 51.2 Å². The fourth-order valence-corrected chi connectivity index (χ4v) is 3.30. The number of halogens is 5. The first-order valence-electron chi connectivity index (χ1n) is 8.83. The van der Waals surface area contributed by atoms with Gasteiger partial charge in [-0.05, 0) is 30.3 Å². The molecule has 0 saturated heterocycles. The summed E-state index contributed by atoms with van der Waals surface area (Å²) in [5.74, 6) is 1.86. The number of anilines is 2. The van der Waals surface area contributed by atoms with Crippen LogP contribution in [0.5, 0.6) is 0 Å². The highest BCUT2D eigenvalue weighted by molar-refractivity contribution is 9.10. The quantitative estimate of drug-likeness (QED) is 0.640. The summed E-state index contributed by atoms with van der Waals surface area (Å²) in [5, 5.41) is 11.9. The van der Waals surface area contributed by atoms with E-state index in [-0.39, 0.29) is 4.47 Å². The van der Waals surface area contributed by atoms with Crippen LogP contribution in [-0.2, 0) is 6.18 Å². The topological polar surface area (TPSA) is 96.1 Å². The summed E-state index contributed by atoms with van der Waals surface area (Å²) >= 11 is 8.59. The zero-order chi connectivity index (χ0) is 21.9. The van der Waals surface area contributed by atoms with Gasteiger partial charge in [-0.2, -0.15) is 23.4 Å². The van der Waals surface area contributed by atoms with Gasteiger partial charge in [0.05, 0.1) is 22.8 Å². The largest absolute Gasteiger partial charge is 0.417 e. The van der Waals surface area contributed by atoms with Gasteiger partial charge >= 0.3 is 6.18 Å². The number of nitrogens with two attached hydrogens (primary N) is 2. The lowest BCUT2D eigenvalue weighted by atomic mass is 10.2. The van der Waals surface area contributed by atoms with E-state index in [0.717, 1.165) is 24.8 Å². The van der Waals surface area contributed by atoms with Crippen molar-refractivity contribution in [1.29, 1.82) is 0 Å². The number of aromatic nitrogens is 1. The second-order valence-corrected chi connectivity index (χ2v) is 7.72. The van der Waals surface area contributed by atoms with E-state index in [1.165, 1.54) is 11.1 Å². The number of hydrogen-bond donors (Lipinski definition) is 2. The highest BCUT2D eigenvalue weighted by atomic mass is 79.9. The summed E-state index contributed by atoms with van der Waals surface area (Å²) in [6, 6.07) is 7.61. The minimum Gasteiger partial charge on any atom is -0.386 e. The Hall–Kier alpha value is -2.53. The van der Waals surface area contributed by atoms with Crippen LogP contribution in [0.4, 0.5) is 24.7 Å². The van der Waals surface area contributed by atoms with Crippen molar-refractivity contribution >= 4 is 50.7 Å². The van der Waals surface area contributed by atoms with E-state index < -0.39 is 11.7 Å². The summed E-state index contributed by atoms with van der Waals surface area (Å²) in [4.78, 5) is 4.13. The smallest absolute Gasteiger partial charge is 0.386 e. The minimum absolute atomic E-state index is 0.0184. The van der Waals surface area contributed by atoms with Gasteiger partial charge in [0.25, 0.3) is 0 Å². The zero-order valence-corrected chi connectivity index (χ0v) is 17.9. The summed E-state index contributed by atoms with van der Waals surface area (Å²) < 4.78 is 38.1. The van der Waals surface area contributed by atoms with Gasteiger partial charge in [-0.15, -0.1) is 0 Å². The number of amidine groups is 2. The van der Waals surface area contributed by atoms with Gasteiger partial charge in [-0.1, -0.05) is 27.5 Å². The minimum atomic E-state index is -4.39. The Morgan fingerprint density at radius 3 is 2.10 bits per heavy atom. The lowest BCUT2D eigenvalue weighted by Gasteiger charge is -2.16. The van der Waals surface area contributed by atoms with Gasteiger partial charge in [0.1, 0.15) is 17.5 Å². The molecular weight excluding hydrogens is 487 g/mol. The van der Waals surface area contributed by atoms with Crippen LogP contribution in [0.2, 0.25) is 5.02 Å². The van der Waals surface area contributed by atoms with Crippen molar-refractivity contribution < 1.29 is 13.2 Å². The normalized spacial score (nSPS) is 16.2. The Bertz CT molecular complexity index is 963. The van der Waals surface area contributed by atoms with E-state index in [4.69, 9.17) is 23.1 Å². The van der Waals surface area contributed by atoms with E-state index in [1.807, 2.05) is 6.07 Å². The van der Waals surface area contributed by atoms with E-state index >= 15 is 0 Å². The molecule has 0 atom stereocenters. The van der Waals surface area contributed by atoms with Crippen LogP contribution < -0.4 is 21.5 Å². The SMILES string of the molecule is NC1=NN(c2ccc(Br)c(C(F)(F)F)c2)CC1.NC1=NN(c2ccc(Cl)cn2)CC1. The van der Waals surface area contributed by atoms with E-state index in [0.29, 0.717) is 35.3 Å². The molecule has 0 aliphatic carbocycles. The molecule has 3 heterocycles. The molecule has 160 valence electrons. The van der Waals surface area contributed by atoms with Gasteiger partial charge < -0.3 is 11.5 Å². The average Bonchev–Trinajstić information content (AvgIpc) is 3.31. The monoisotopic (exact) mass is 503 g/mol. The lowest BCUT2D eigenvalue weighted by molar-refractivity contribution is -0.138. The molecule has 0 bridgehead atoms. The van der Waals surface area contributed by atoms with Gasteiger partial charge in [0.2, 0.25) is 0 Å². The number of hydrogen-bond acceptors (Lipinski definition) is 7. The first kappa shape index (κ1) is 22.2. The molecule has 0 fully saturated rings. The average molecular weight is 505 g/mol. The molecule has 2 aliphatic rings. The molecule has 0 saturated carbocycles. The third-order valence-corrected chi connectivity index (χ3v) is 5.10. The molecule has 0 amide bonds. The summed E-state index contributed by atoms with van der Waals surface area (Å²) in [6.07, 6.45) is -1.42. The Labute approximate surface area is 184 Å². The summed E-state index contributed by atoms with van der Waals surface area (Å²) in [5.41, 5.74) is 10.7. The maximum atomic E-state index is 12.7. The number of nitrogens with zero attached hydrogens (tertiary/aromatic N) is 5. The Kier molecular flexibility index (Phi) is 6.71. The standard InChI is InChI=1S/C10H9BrF3N3.C8H9ClN4/c11-8-2-1-6(5-7(8)10(12,13)14)17-4-3-9(15)16-17;9-6-1-2-8(11-5-6)13-4-3-7(10)12-13/h1-2,5H,3-4H2,(H2,15,16);1-2,5H,3-4H2,(H2,10,12). The van der Waals surface area contributed by atoms with Gasteiger partial charge in [-0.3, -0.25) is 5.01 Å². The number of pyridine rings is 1. The molecule has 7 nitrogen and oxygen atoms in total. The fourth-order valence-electron chi connectivity index (χ4n) is 2.72. The second kappa shape index (κ2) is 9.09. The van der Waals surface area contributed by atoms with E-state index in [9.17, 15) is 13.2 Å². The predicted molar refractivity (Wildman–Crippen MR) is 116 cm³/mol. The van der Waals surface area contributed by atoms with Crippen LogP contribution in [0.25, 0.3) is 0 Å². The number of alkyl halides is 3. The molecule has 0 spiro atoms. The highest BCUT2D eigenvalue weighted by Crippen LogP contribution is 2.37. The van der Waals surface area contributed by atoms with Crippen LogP contribution in [0.3, 0.4) is 0 Å². The van der Waals surface area contributed by atoms with Gasteiger partial charge in [0.15, 0.2) is 0 Å². The van der Waals surface area contributed by atoms with Crippen molar-refractivity contribution in [2.45, 2.75) is 19.0 Å². The van der Waals surface area contributed by atoms with Crippen molar-refractivity contribution in [3.8, 4) is 0 Å². The fraction of sp³-hybridized carbons (Fsp3) is 0.278. The Morgan fingerprint density at radius 2 is 1.60 bits per heavy atom. The number of benzene rings is 1. The van der Waals surface area contributed by atoms with Crippen molar-refractivity contribution in [3.05, 3.63) is 51.6 Å². The molecule has 4 rings (SSSR count). The molecule has 30 heavy (non-hydrogen) atoms. The molecule has 4 N–H and O–H groups in total. The maximum absolute atomic E-state index is 12.7. The second-order valence-electron chi connectivity index (χ2n) is 6.43. The van der Waals surface area contributed by atoms with Crippen molar-refractivity contribution in [1.82, 2.24) is 4.98 Å². The van der Waals surface area contributed by atoms with Crippen LogP contribution in [0.1, 0.15) is 18.4 Å². The third-order valence-electron chi connectivity index (χ3n) is 4.19. The highest BCUT2D eigenvalue weighted by Gasteiger charge is 2.33. The molecule has 0 radical (unpaired) electrons. The first-order valence-corrected chi connectivity index (χ1v) is 10.00. The Morgan fingerprint density at radius 1 is 0.967 bits per heavy atom. The zero-order valence-electron chi connectivity index (χ0n) is 15.6. The van der Waals surface area contributed by atoms with Crippen LogP contribution in [0, 0.1) is 0 Å². The number of hydrazone groups is 2. The Balaban J connectivity index is 0.000000177. The molecule has 2 aliphatic heterocycles. The van der Waals surface area contributed by atoms with E-state index in [1.54, 1.807) is 23.3 Å². The number of rotatable bonds is 2. The van der Waals surface area contributed by atoms with Gasteiger partial charge in [0, 0.05) is 30.1 Å². The summed E-state index contributed by atoms with van der Waals surface area (Å²) in [6.45, 7) is 1.30. The van der Waals surface area contributed by atoms with Crippen LogP contribution in [-0.4, -0.2) is 29.7 Å². The first-order chi connectivity index (χ1) is 14.1. The lowest BCUT2D eigenvalue weighted by Crippen LogP contribution is -2.14. The van der Waals surface area contributed by atoms with Crippen molar-refractivity contribution in [3.63, 3.8) is 0 Å². The molecular formula is C18H18BrClF3N7. The molecule has 1 aromatic heterocycles. The van der Waals surface area contributed by atoms with Gasteiger partial charge in [-0.25, -0.2) is 9.99 Å². The molecule has 0 unspecified atom stereocenters. The summed E-state index contributed by atoms with van der Waals surface area (Å²) in [7, 11) is 0. The van der Waals surface area contributed by atoms with Crippen molar-refractivity contribution in [2.75, 3.05) is 23.1 Å². The predicted octanol–water partition coefficient (Wildman–Crippen LogP) is 4.17. The van der Waals surface area contributed by atoms with Crippen LogP contribution >= 0.6 is 27.5 Å². The van der Waals surface area contributed by atoms with E-state index in [2.05, 4.69) is 31.1 Å². The third kappa shape index (κ3) is 5.54. The molecule has 2 aromatic rings.